The van der Waals surface area contributed by atoms with Crippen LogP contribution in [0.15, 0.2) is 24.3 Å². The predicted molar refractivity (Wildman–Crippen MR) is 58.3 cm³/mol. The first-order valence-electron chi connectivity index (χ1n) is 4.67. The number of aryl methyl sites for hydroxylation is 1. The zero-order valence-corrected chi connectivity index (χ0v) is 9.35. The topological polar surface area (TPSA) is 60.7 Å². The van der Waals surface area contributed by atoms with Crippen LogP contribution < -0.4 is 0 Å². The first kappa shape index (κ1) is 10.8. The van der Waals surface area contributed by atoms with Crippen molar-refractivity contribution in [3.05, 3.63) is 40.7 Å². The molecule has 0 aliphatic rings. The monoisotopic (exact) mass is 236 g/mol. The second-order valence-corrected chi connectivity index (χ2v) is 3.74. The Morgan fingerprint density at radius 3 is 2.94 bits per heavy atom. The first-order chi connectivity index (χ1) is 7.65. The van der Waals surface area contributed by atoms with Crippen LogP contribution in [-0.2, 0) is 13.5 Å². The van der Waals surface area contributed by atoms with Crippen LogP contribution in [0, 0.1) is 0 Å². The van der Waals surface area contributed by atoms with Gasteiger partial charge in [0.15, 0.2) is 11.6 Å². The maximum atomic E-state index is 11.8. The largest absolute Gasteiger partial charge is 0.294 e. The number of hydrogen-bond donors (Lipinski definition) is 0. The number of rotatable bonds is 3. The molecule has 0 spiro atoms. The number of tetrazole rings is 1. The summed E-state index contributed by atoms with van der Waals surface area (Å²) in [6, 6.07) is 6.80. The molecule has 16 heavy (non-hydrogen) atoms. The van der Waals surface area contributed by atoms with Gasteiger partial charge in [0.2, 0.25) is 0 Å². The summed E-state index contributed by atoms with van der Waals surface area (Å²) in [7, 11) is 1.65. The van der Waals surface area contributed by atoms with E-state index < -0.39 is 0 Å². The van der Waals surface area contributed by atoms with Gasteiger partial charge in [-0.15, -0.1) is 10.2 Å². The molecule has 0 saturated heterocycles. The SMILES string of the molecule is Cn1nnc(CC(=O)c2cccc(Cl)c2)n1. The Labute approximate surface area is 97.0 Å². The van der Waals surface area contributed by atoms with Gasteiger partial charge in [-0.05, 0) is 17.3 Å². The molecule has 0 N–H and O–H groups in total. The molecule has 82 valence electrons. The van der Waals surface area contributed by atoms with Crippen LogP contribution >= 0.6 is 11.6 Å². The Morgan fingerprint density at radius 2 is 2.31 bits per heavy atom. The van der Waals surface area contributed by atoms with Crippen LogP contribution in [0.1, 0.15) is 16.2 Å². The van der Waals surface area contributed by atoms with E-state index in [1.54, 1.807) is 31.3 Å². The molecule has 1 aromatic carbocycles. The Kier molecular flexibility index (Phi) is 2.96. The highest BCUT2D eigenvalue weighted by Crippen LogP contribution is 2.12. The summed E-state index contributed by atoms with van der Waals surface area (Å²) in [5.74, 6) is 0.336. The molecule has 0 unspecified atom stereocenters. The number of halogens is 1. The van der Waals surface area contributed by atoms with Crippen molar-refractivity contribution in [3.8, 4) is 0 Å². The molecule has 5 nitrogen and oxygen atoms in total. The summed E-state index contributed by atoms with van der Waals surface area (Å²) in [5, 5.41) is 11.9. The molecular formula is C10H9ClN4O. The number of nitrogens with zero attached hydrogens (tertiary/aromatic N) is 4. The summed E-state index contributed by atoms with van der Waals surface area (Å²) in [6.45, 7) is 0. The second-order valence-electron chi connectivity index (χ2n) is 3.31. The Morgan fingerprint density at radius 1 is 1.50 bits per heavy atom. The molecule has 0 amide bonds. The molecule has 6 heteroatoms. The van der Waals surface area contributed by atoms with E-state index in [1.165, 1.54) is 4.80 Å². The van der Waals surface area contributed by atoms with E-state index >= 15 is 0 Å². The summed E-state index contributed by atoms with van der Waals surface area (Å²) in [6.07, 6.45) is 0.133. The Balaban J connectivity index is 2.14. The highest BCUT2D eigenvalue weighted by Gasteiger charge is 2.10. The van der Waals surface area contributed by atoms with Crippen molar-refractivity contribution in [1.82, 2.24) is 20.2 Å². The lowest BCUT2D eigenvalue weighted by Gasteiger charge is -1.98. The van der Waals surface area contributed by atoms with Crippen LogP contribution in [0.2, 0.25) is 5.02 Å². The maximum Gasteiger partial charge on any atom is 0.182 e. The van der Waals surface area contributed by atoms with Gasteiger partial charge in [-0.1, -0.05) is 23.7 Å². The van der Waals surface area contributed by atoms with E-state index in [0.717, 1.165) is 0 Å². The van der Waals surface area contributed by atoms with Gasteiger partial charge in [-0.25, -0.2) is 0 Å². The molecule has 2 aromatic rings. The van der Waals surface area contributed by atoms with E-state index in [-0.39, 0.29) is 12.2 Å². The molecule has 0 atom stereocenters. The normalized spacial score (nSPS) is 10.4. The number of aromatic nitrogens is 4. The molecule has 0 aliphatic heterocycles. The van der Waals surface area contributed by atoms with Gasteiger partial charge in [0, 0.05) is 10.6 Å². The van der Waals surface area contributed by atoms with E-state index in [4.69, 9.17) is 11.6 Å². The highest BCUT2D eigenvalue weighted by atomic mass is 35.5. The summed E-state index contributed by atoms with van der Waals surface area (Å²) in [5.41, 5.74) is 0.556. The van der Waals surface area contributed by atoms with Gasteiger partial charge in [0.05, 0.1) is 13.5 Å². The lowest BCUT2D eigenvalue weighted by molar-refractivity contribution is 0.0990. The first-order valence-corrected chi connectivity index (χ1v) is 5.04. The summed E-state index contributed by atoms with van der Waals surface area (Å²) >= 11 is 5.80. The third-order valence-corrected chi connectivity index (χ3v) is 2.25. The van der Waals surface area contributed by atoms with Gasteiger partial charge < -0.3 is 0 Å². The van der Waals surface area contributed by atoms with Gasteiger partial charge in [0.25, 0.3) is 0 Å². The lowest BCUT2D eigenvalue weighted by Crippen LogP contribution is -2.05. The van der Waals surface area contributed by atoms with Crippen LogP contribution in [-0.4, -0.2) is 26.0 Å². The third kappa shape index (κ3) is 2.43. The molecule has 0 fully saturated rings. The minimum Gasteiger partial charge on any atom is -0.294 e. The number of ketones is 1. The van der Waals surface area contributed by atoms with Gasteiger partial charge in [-0.3, -0.25) is 4.79 Å². The van der Waals surface area contributed by atoms with Gasteiger partial charge in [-0.2, -0.15) is 4.80 Å². The zero-order chi connectivity index (χ0) is 11.5. The summed E-state index contributed by atoms with van der Waals surface area (Å²) in [4.78, 5) is 13.1. The van der Waals surface area contributed by atoms with Gasteiger partial charge in [0.1, 0.15) is 0 Å². The van der Waals surface area contributed by atoms with Crippen molar-refractivity contribution >= 4 is 17.4 Å². The molecule has 1 aromatic heterocycles. The Bertz CT molecular complexity index is 523. The maximum absolute atomic E-state index is 11.8. The van der Waals surface area contributed by atoms with Crippen molar-refractivity contribution in [3.63, 3.8) is 0 Å². The van der Waals surface area contributed by atoms with E-state index in [0.29, 0.717) is 16.4 Å². The van der Waals surface area contributed by atoms with E-state index in [9.17, 15) is 4.79 Å². The number of benzene rings is 1. The molecule has 0 aliphatic carbocycles. The fraction of sp³-hybridized carbons (Fsp3) is 0.200. The highest BCUT2D eigenvalue weighted by molar-refractivity contribution is 6.31. The molecule has 2 rings (SSSR count). The van der Waals surface area contributed by atoms with E-state index in [2.05, 4.69) is 15.4 Å². The quantitative estimate of drug-likeness (QED) is 0.754. The van der Waals surface area contributed by atoms with Crippen molar-refractivity contribution < 1.29 is 4.79 Å². The fourth-order valence-corrected chi connectivity index (χ4v) is 1.49. The molecule has 1 heterocycles. The van der Waals surface area contributed by atoms with Crippen molar-refractivity contribution in [2.75, 3.05) is 0 Å². The minimum atomic E-state index is -0.0736. The molecule has 0 bridgehead atoms. The number of carbonyl (C=O) groups is 1. The summed E-state index contributed by atoms with van der Waals surface area (Å²) < 4.78 is 0. The standard InChI is InChI=1S/C10H9ClN4O/c1-15-13-10(12-14-15)6-9(16)7-3-2-4-8(11)5-7/h2-5H,6H2,1H3. The van der Waals surface area contributed by atoms with E-state index in [1.807, 2.05) is 0 Å². The Hall–Kier alpha value is -1.75. The third-order valence-electron chi connectivity index (χ3n) is 2.02. The fourth-order valence-electron chi connectivity index (χ4n) is 1.30. The smallest absolute Gasteiger partial charge is 0.182 e. The van der Waals surface area contributed by atoms with Crippen molar-refractivity contribution in [2.24, 2.45) is 7.05 Å². The molecule has 0 radical (unpaired) electrons. The molecule has 0 saturated carbocycles. The number of Topliss-reactive ketones (excluding diaryl/α,β-unsaturated/α-hetero) is 1. The van der Waals surface area contributed by atoms with Crippen molar-refractivity contribution in [2.45, 2.75) is 6.42 Å². The number of carbonyl (C=O) groups excluding carboxylic acids is 1. The minimum absolute atomic E-state index is 0.0736. The second kappa shape index (κ2) is 4.40. The van der Waals surface area contributed by atoms with Crippen LogP contribution in [0.4, 0.5) is 0 Å². The molecular weight excluding hydrogens is 228 g/mol. The predicted octanol–water partition coefficient (Wildman–Crippen LogP) is 1.29. The lowest BCUT2D eigenvalue weighted by atomic mass is 10.1. The van der Waals surface area contributed by atoms with Crippen LogP contribution in [0.5, 0.6) is 0 Å². The average Bonchev–Trinajstić information content (AvgIpc) is 2.64. The van der Waals surface area contributed by atoms with Crippen LogP contribution in [0.3, 0.4) is 0 Å². The van der Waals surface area contributed by atoms with Crippen LogP contribution in [0.25, 0.3) is 0 Å². The zero-order valence-electron chi connectivity index (χ0n) is 8.59. The number of hydrogen-bond acceptors (Lipinski definition) is 4. The van der Waals surface area contributed by atoms with Gasteiger partial charge >= 0.3 is 0 Å². The average molecular weight is 237 g/mol. The van der Waals surface area contributed by atoms with Crippen molar-refractivity contribution in [1.29, 1.82) is 0 Å².